The van der Waals surface area contributed by atoms with Gasteiger partial charge in [-0.2, -0.15) is 0 Å². The van der Waals surface area contributed by atoms with Crippen molar-refractivity contribution in [3.63, 3.8) is 0 Å². The SMILES string of the molecule is CCC(CC)(CN)C(=O)NCc1ccc(F)c(Cl)c1.Cl. The van der Waals surface area contributed by atoms with E-state index in [4.69, 9.17) is 17.3 Å². The Morgan fingerprint density at radius 2 is 2.00 bits per heavy atom. The molecule has 0 aliphatic rings. The van der Waals surface area contributed by atoms with Gasteiger partial charge in [0.2, 0.25) is 5.91 Å². The summed E-state index contributed by atoms with van der Waals surface area (Å²) in [6.07, 6.45) is 1.38. The first-order chi connectivity index (χ1) is 8.99. The van der Waals surface area contributed by atoms with E-state index in [2.05, 4.69) is 5.32 Å². The monoisotopic (exact) mass is 322 g/mol. The number of nitrogens with two attached hydrogens (primary N) is 1. The molecular weight excluding hydrogens is 302 g/mol. The molecule has 0 fully saturated rings. The number of nitrogens with one attached hydrogen (secondary N) is 1. The molecule has 0 aliphatic carbocycles. The van der Waals surface area contributed by atoms with Gasteiger partial charge in [0.05, 0.1) is 10.4 Å². The van der Waals surface area contributed by atoms with Crippen LogP contribution in [0.4, 0.5) is 4.39 Å². The lowest BCUT2D eigenvalue weighted by molar-refractivity contribution is -0.131. The molecule has 0 saturated carbocycles. The minimum Gasteiger partial charge on any atom is -0.352 e. The number of amides is 1. The van der Waals surface area contributed by atoms with Crippen molar-refractivity contribution in [2.24, 2.45) is 11.1 Å². The molecular formula is C14H21Cl2FN2O. The van der Waals surface area contributed by atoms with E-state index >= 15 is 0 Å². The molecule has 1 aromatic carbocycles. The first-order valence-electron chi connectivity index (χ1n) is 6.41. The molecule has 0 atom stereocenters. The molecule has 0 saturated heterocycles. The highest BCUT2D eigenvalue weighted by atomic mass is 35.5. The van der Waals surface area contributed by atoms with Gasteiger partial charge in [-0.15, -0.1) is 12.4 Å². The summed E-state index contributed by atoms with van der Waals surface area (Å²) in [5, 5.41) is 2.90. The Labute approximate surface area is 130 Å². The van der Waals surface area contributed by atoms with E-state index in [-0.39, 0.29) is 23.3 Å². The molecule has 0 bridgehead atoms. The van der Waals surface area contributed by atoms with Crippen molar-refractivity contribution < 1.29 is 9.18 Å². The van der Waals surface area contributed by atoms with Gasteiger partial charge in [-0.05, 0) is 30.5 Å². The van der Waals surface area contributed by atoms with Crippen LogP contribution >= 0.6 is 24.0 Å². The zero-order valence-corrected chi connectivity index (χ0v) is 13.3. The molecule has 114 valence electrons. The zero-order valence-electron chi connectivity index (χ0n) is 11.7. The van der Waals surface area contributed by atoms with Crippen LogP contribution in [0, 0.1) is 11.2 Å². The van der Waals surface area contributed by atoms with Crippen molar-refractivity contribution in [3.05, 3.63) is 34.6 Å². The number of carbonyl (C=O) groups excluding carboxylic acids is 1. The molecule has 3 N–H and O–H groups in total. The van der Waals surface area contributed by atoms with Gasteiger partial charge in [-0.25, -0.2) is 4.39 Å². The van der Waals surface area contributed by atoms with Gasteiger partial charge >= 0.3 is 0 Å². The van der Waals surface area contributed by atoms with Crippen LogP contribution in [0.3, 0.4) is 0 Å². The van der Waals surface area contributed by atoms with Crippen LogP contribution in [-0.2, 0) is 11.3 Å². The maximum absolute atomic E-state index is 13.0. The summed E-state index contributed by atoms with van der Waals surface area (Å²) in [7, 11) is 0. The second-order valence-corrected chi connectivity index (χ2v) is 5.03. The maximum atomic E-state index is 13.0. The summed E-state index contributed by atoms with van der Waals surface area (Å²) in [6.45, 7) is 4.53. The van der Waals surface area contributed by atoms with Gasteiger partial charge in [-0.1, -0.05) is 31.5 Å². The van der Waals surface area contributed by atoms with Gasteiger partial charge in [0.25, 0.3) is 0 Å². The maximum Gasteiger partial charge on any atom is 0.227 e. The van der Waals surface area contributed by atoms with Gasteiger partial charge in [0.1, 0.15) is 5.82 Å². The highest BCUT2D eigenvalue weighted by Crippen LogP contribution is 2.25. The summed E-state index contributed by atoms with van der Waals surface area (Å²) in [5.41, 5.74) is 5.95. The predicted molar refractivity (Wildman–Crippen MR) is 82.6 cm³/mol. The van der Waals surface area contributed by atoms with Gasteiger partial charge in [0.15, 0.2) is 0 Å². The van der Waals surface area contributed by atoms with Crippen molar-refractivity contribution >= 4 is 29.9 Å². The normalized spacial score (nSPS) is 10.8. The molecule has 1 amide bonds. The number of benzene rings is 1. The number of rotatable bonds is 6. The molecule has 0 unspecified atom stereocenters. The molecule has 0 aliphatic heterocycles. The third-order valence-electron chi connectivity index (χ3n) is 3.66. The average molecular weight is 323 g/mol. The standard InChI is InChI=1S/C14H20ClFN2O.ClH/c1-3-14(4-2,9-17)13(19)18-8-10-5-6-12(16)11(15)7-10;/h5-7H,3-4,8-9,17H2,1-2H3,(H,18,19);1H. The van der Waals surface area contributed by atoms with Crippen molar-refractivity contribution in [2.75, 3.05) is 6.54 Å². The van der Waals surface area contributed by atoms with E-state index in [1.165, 1.54) is 12.1 Å². The summed E-state index contributed by atoms with van der Waals surface area (Å²) in [4.78, 5) is 12.2. The smallest absolute Gasteiger partial charge is 0.227 e. The van der Waals surface area contributed by atoms with E-state index in [0.29, 0.717) is 25.9 Å². The van der Waals surface area contributed by atoms with Crippen molar-refractivity contribution in [3.8, 4) is 0 Å². The first kappa shape index (κ1) is 19.2. The molecule has 0 aromatic heterocycles. The number of hydrogen-bond donors (Lipinski definition) is 2. The molecule has 1 rings (SSSR count). The van der Waals surface area contributed by atoms with Crippen LogP contribution in [-0.4, -0.2) is 12.5 Å². The van der Waals surface area contributed by atoms with Crippen LogP contribution in [0.1, 0.15) is 32.3 Å². The van der Waals surface area contributed by atoms with E-state index in [1.807, 2.05) is 13.8 Å². The van der Waals surface area contributed by atoms with Crippen molar-refractivity contribution in [2.45, 2.75) is 33.2 Å². The summed E-state index contributed by atoms with van der Waals surface area (Å²) in [5.74, 6) is -0.532. The fourth-order valence-electron chi connectivity index (χ4n) is 1.97. The van der Waals surface area contributed by atoms with Crippen LogP contribution in [0.15, 0.2) is 18.2 Å². The molecule has 0 spiro atoms. The molecule has 0 heterocycles. The third-order valence-corrected chi connectivity index (χ3v) is 3.95. The molecule has 0 radical (unpaired) electrons. The lowest BCUT2D eigenvalue weighted by atomic mass is 9.81. The zero-order chi connectivity index (χ0) is 14.5. The Bertz CT molecular complexity index is 443. The van der Waals surface area contributed by atoms with E-state index in [9.17, 15) is 9.18 Å². The minimum absolute atomic E-state index is 0. The Morgan fingerprint density at radius 1 is 1.40 bits per heavy atom. The van der Waals surface area contributed by atoms with Gasteiger partial charge in [-0.3, -0.25) is 4.79 Å². The van der Waals surface area contributed by atoms with Crippen LogP contribution in [0.2, 0.25) is 5.02 Å². The van der Waals surface area contributed by atoms with Gasteiger partial charge < -0.3 is 11.1 Å². The van der Waals surface area contributed by atoms with Crippen molar-refractivity contribution in [1.82, 2.24) is 5.32 Å². The molecule has 6 heteroatoms. The van der Waals surface area contributed by atoms with E-state index in [1.54, 1.807) is 6.07 Å². The second-order valence-electron chi connectivity index (χ2n) is 4.62. The Hall–Kier alpha value is -0.840. The van der Waals surface area contributed by atoms with E-state index in [0.717, 1.165) is 5.56 Å². The third kappa shape index (κ3) is 4.33. The Balaban J connectivity index is 0.00000361. The summed E-state index contributed by atoms with van der Waals surface area (Å²) in [6, 6.07) is 4.41. The van der Waals surface area contributed by atoms with E-state index < -0.39 is 11.2 Å². The highest BCUT2D eigenvalue weighted by molar-refractivity contribution is 6.30. The Kier molecular flexibility index (Phi) is 8.09. The van der Waals surface area contributed by atoms with Crippen LogP contribution < -0.4 is 11.1 Å². The predicted octanol–water partition coefficient (Wildman–Crippen LogP) is 3.28. The van der Waals surface area contributed by atoms with Crippen LogP contribution in [0.5, 0.6) is 0 Å². The topological polar surface area (TPSA) is 55.1 Å². The molecule has 3 nitrogen and oxygen atoms in total. The lowest BCUT2D eigenvalue weighted by Gasteiger charge is -2.28. The molecule has 1 aromatic rings. The fourth-order valence-corrected chi connectivity index (χ4v) is 2.18. The lowest BCUT2D eigenvalue weighted by Crippen LogP contribution is -2.45. The average Bonchev–Trinajstić information content (AvgIpc) is 2.42. The quantitative estimate of drug-likeness (QED) is 0.844. The van der Waals surface area contributed by atoms with Gasteiger partial charge in [0, 0.05) is 13.1 Å². The largest absolute Gasteiger partial charge is 0.352 e. The number of halogens is 3. The second kappa shape index (κ2) is 8.45. The summed E-state index contributed by atoms with van der Waals surface area (Å²) < 4.78 is 13.0. The highest BCUT2D eigenvalue weighted by Gasteiger charge is 2.32. The minimum atomic E-state index is -0.524. The fraction of sp³-hybridized carbons (Fsp3) is 0.500. The molecule has 20 heavy (non-hydrogen) atoms. The first-order valence-corrected chi connectivity index (χ1v) is 6.79. The van der Waals surface area contributed by atoms with Crippen molar-refractivity contribution in [1.29, 1.82) is 0 Å². The number of hydrogen-bond acceptors (Lipinski definition) is 2. The summed E-state index contributed by atoms with van der Waals surface area (Å²) >= 11 is 5.69. The Morgan fingerprint density at radius 3 is 2.45 bits per heavy atom. The van der Waals surface area contributed by atoms with Crippen LogP contribution in [0.25, 0.3) is 0 Å². The number of carbonyl (C=O) groups is 1.